The molecule has 330 valence electrons. The van der Waals surface area contributed by atoms with Gasteiger partial charge in [-0.15, -0.1) is 0 Å². The molecule has 59 heavy (non-hydrogen) atoms. The summed E-state index contributed by atoms with van der Waals surface area (Å²) in [5, 5.41) is 7.41. The van der Waals surface area contributed by atoms with Gasteiger partial charge in [0.25, 0.3) is 5.91 Å². The van der Waals surface area contributed by atoms with E-state index >= 15 is 0 Å². The molecule has 4 N–H and O–H groups in total. The van der Waals surface area contributed by atoms with Crippen LogP contribution in [-0.2, 0) is 37.9 Å². The highest BCUT2D eigenvalue weighted by atomic mass is 35.6. The van der Waals surface area contributed by atoms with Crippen LogP contribution in [0.5, 0.6) is 0 Å². The maximum atomic E-state index is 14.5. The molecule has 2 unspecified atom stereocenters. The first-order chi connectivity index (χ1) is 27.0. The molecule has 0 radical (unpaired) electrons. The number of pyridine rings is 1. The highest BCUT2D eigenvalue weighted by Crippen LogP contribution is 2.40. The molecule has 6 atom stereocenters. The summed E-state index contributed by atoms with van der Waals surface area (Å²) in [5.41, 5.74) is 0.792. The third kappa shape index (κ3) is 15.6. The molecule has 2 rings (SSSR count). The number of esters is 2. The molecule has 1 aromatic heterocycles. The zero-order valence-electron chi connectivity index (χ0n) is 36.7. The molecular weight excluding hydrogens is 837 g/mol. The van der Waals surface area contributed by atoms with Crippen molar-refractivity contribution in [3.8, 4) is 0 Å². The number of nitrogens with zero attached hydrogens (tertiary/aromatic N) is 2. The number of carbonyl (C=O) groups excluding carboxylic acids is 5. The van der Waals surface area contributed by atoms with E-state index in [-0.39, 0.29) is 24.1 Å². The number of carbonyl (C=O) groups is 5. The van der Waals surface area contributed by atoms with E-state index in [1.165, 1.54) is 13.8 Å². The molecule has 1 aromatic carbocycles. The number of alkyl halides is 3. The summed E-state index contributed by atoms with van der Waals surface area (Å²) in [6.45, 7) is 23.8. The van der Waals surface area contributed by atoms with Gasteiger partial charge in [-0.2, -0.15) is 0 Å². The van der Waals surface area contributed by atoms with Gasteiger partial charge in [-0.1, -0.05) is 107 Å². The molecular formula is C42H64Cl3N5O8Si. The van der Waals surface area contributed by atoms with E-state index in [9.17, 15) is 24.0 Å². The van der Waals surface area contributed by atoms with E-state index in [0.29, 0.717) is 24.1 Å². The Hall–Kier alpha value is -3.27. The largest absolute Gasteiger partial charge is 0.461 e. The standard InChI is InChI=1S/C42H64Cl3N5O8Si/c1-25(2)35(36(52)47-27(4)37(53)50(46)22-14-15-26(3)38(54)56-24-42(43,44)45)49-39(55)41(11,29(6)58-59(12,13)40(8,9)10)21-20-31-16-17-32-18-19-33(48-34(32)23-31)28(5)57-30(7)51/h16-21,23,25-29,35H,14-15,22,24,46H2,1-13H3,(H,47,52)(H,49,55)/b21-20+/t26-,27-,28+,29?,35-,41?/m0/s1. The molecule has 0 spiro atoms. The Morgan fingerprint density at radius 2 is 1.56 bits per heavy atom. The second-order valence-electron chi connectivity index (χ2n) is 17.3. The van der Waals surface area contributed by atoms with Crippen LogP contribution >= 0.6 is 34.8 Å². The second-order valence-corrected chi connectivity index (χ2v) is 24.6. The number of fused-ring (bicyclic) bond motifs is 1. The fraction of sp³-hybridized carbons (Fsp3) is 0.619. The van der Waals surface area contributed by atoms with Crippen LogP contribution in [0.25, 0.3) is 17.0 Å². The Labute approximate surface area is 365 Å². The van der Waals surface area contributed by atoms with Crippen LogP contribution in [0.2, 0.25) is 18.1 Å². The van der Waals surface area contributed by atoms with Gasteiger partial charge in [0.2, 0.25) is 15.6 Å². The fourth-order valence-corrected chi connectivity index (χ4v) is 7.38. The number of hydrogen-bond acceptors (Lipinski definition) is 10. The van der Waals surface area contributed by atoms with Crippen molar-refractivity contribution in [2.24, 2.45) is 23.1 Å². The van der Waals surface area contributed by atoms with Gasteiger partial charge in [0.05, 0.1) is 28.6 Å². The highest BCUT2D eigenvalue weighted by Gasteiger charge is 2.46. The number of hydrogen-bond donors (Lipinski definition) is 3. The predicted octanol–water partition coefficient (Wildman–Crippen LogP) is 7.97. The molecule has 3 amide bonds. The Balaban J connectivity index is 2.31. The summed E-state index contributed by atoms with van der Waals surface area (Å²) >= 11 is 16.9. The van der Waals surface area contributed by atoms with E-state index in [1.807, 2.05) is 43.3 Å². The fourth-order valence-electron chi connectivity index (χ4n) is 5.73. The van der Waals surface area contributed by atoms with Crippen molar-refractivity contribution in [1.29, 1.82) is 0 Å². The van der Waals surface area contributed by atoms with E-state index in [0.717, 1.165) is 16.0 Å². The Morgan fingerprint density at radius 1 is 0.949 bits per heavy atom. The summed E-state index contributed by atoms with van der Waals surface area (Å²) in [4.78, 5) is 70.0. The maximum absolute atomic E-state index is 14.5. The van der Waals surface area contributed by atoms with Crippen molar-refractivity contribution < 1.29 is 37.9 Å². The molecule has 0 saturated carbocycles. The quantitative estimate of drug-likeness (QED) is 0.0313. The SMILES string of the molecule is CC(=O)O[C@H](C)c1ccc2ccc(/C=C/C(C)(C(=O)N[C@H](C(=O)N[C@@H](C)C(=O)N(N)CCC[C@H](C)C(=O)OCC(Cl)(Cl)Cl)C(C)C)C(C)O[Si](C)(C)C(C)(C)C)cc2n1. The first kappa shape index (κ1) is 51.9. The first-order valence-electron chi connectivity index (χ1n) is 19.8. The third-order valence-electron chi connectivity index (χ3n) is 10.8. The molecule has 0 bridgehead atoms. The van der Waals surface area contributed by atoms with Crippen molar-refractivity contribution >= 4 is 89.8 Å². The summed E-state index contributed by atoms with van der Waals surface area (Å²) in [7, 11) is -2.39. The average molecular weight is 901 g/mol. The zero-order chi connectivity index (χ0) is 45.3. The summed E-state index contributed by atoms with van der Waals surface area (Å²) in [6.07, 6.45) is 3.20. The second kappa shape index (κ2) is 21.5. The van der Waals surface area contributed by atoms with Gasteiger partial charge in [-0.25, -0.2) is 10.8 Å². The number of nitrogens with two attached hydrogens (primary N) is 1. The molecule has 0 fully saturated rings. The van der Waals surface area contributed by atoms with Crippen LogP contribution in [0.4, 0.5) is 0 Å². The molecule has 0 aliphatic carbocycles. The van der Waals surface area contributed by atoms with Crippen molar-refractivity contribution in [3.05, 3.63) is 47.7 Å². The first-order valence-corrected chi connectivity index (χ1v) is 23.9. The lowest BCUT2D eigenvalue weighted by Gasteiger charge is -2.43. The number of halogens is 3. The topological polar surface area (TPSA) is 179 Å². The third-order valence-corrected chi connectivity index (χ3v) is 15.7. The molecule has 17 heteroatoms. The minimum absolute atomic E-state index is 0.101. The number of nitrogens with one attached hydrogen (secondary N) is 2. The van der Waals surface area contributed by atoms with E-state index < -0.39 is 77.4 Å². The highest BCUT2D eigenvalue weighted by molar-refractivity contribution is 6.74. The average Bonchev–Trinajstić information content (AvgIpc) is 3.12. The lowest BCUT2D eigenvalue weighted by Crippen LogP contribution is -2.59. The van der Waals surface area contributed by atoms with Crippen molar-refractivity contribution in [1.82, 2.24) is 20.6 Å². The molecule has 2 aromatic rings. The number of rotatable bonds is 19. The van der Waals surface area contributed by atoms with Gasteiger partial charge in [-0.05, 0) is 82.3 Å². The van der Waals surface area contributed by atoms with Gasteiger partial charge in [0.15, 0.2) is 8.32 Å². The smallest absolute Gasteiger partial charge is 0.308 e. The van der Waals surface area contributed by atoms with Crippen LogP contribution in [0.3, 0.4) is 0 Å². The Bertz CT molecular complexity index is 1830. The van der Waals surface area contributed by atoms with Gasteiger partial charge in [0.1, 0.15) is 24.8 Å². The molecule has 13 nitrogen and oxygen atoms in total. The van der Waals surface area contributed by atoms with Crippen molar-refractivity contribution in [2.75, 3.05) is 13.2 Å². The number of aromatic nitrogens is 1. The van der Waals surface area contributed by atoms with Gasteiger partial charge in [-0.3, -0.25) is 29.0 Å². The van der Waals surface area contributed by atoms with Crippen molar-refractivity contribution in [2.45, 2.75) is 135 Å². The lowest BCUT2D eigenvalue weighted by molar-refractivity contribution is -0.148. The zero-order valence-corrected chi connectivity index (χ0v) is 40.0. The Kier molecular flexibility index (Phi) is 18.9. The number of hydrazine groups is 1. The van der Waals surface area contributed by atoms with E-state index in [1.54, 1.807) is 40.7 Å². The van der Waals surface area contributed by atoms with E-state index in [2.05, 4.69) is 44.5 Å². The number of ether oxygens (including phenoxy) is 2. The van der Waals surface area contributed by atoms with E-state index in [4.69, 9.17) is 59.5 Å². The lowest BCUT2D eigenvalue weighted by atomic mass is 9.82. The monoisotopic (exact) mass is 899 g/mol. The van der Waals surface area contributed by atoms with Crippen LogP contribution in [0, 0.1) is 17.3 Å². The minimum Gasteiger partial charge on any atom is -0.461 e. The van der Waals surface area contributed by atoms with Gasteiger partial charge >= 0.3 is 11.9 Å². The maximum Gasteiger partial charge on any atom is 0.308 e. The van der Waals surface area contributed by atoms with Crippen LogP contribution in [0.1, 0.15) is 106 Å². The summed E-state index contributed by atoms with van der Waals surface area (Å²) in [5.74, 6) is 2.67. The summed E-state index contributed by atoms with van der Waals surface area (Å²) in [6, 6.07) is 7.42. The van der Waals surface area contributed by atoms with Crippen molar-refractivity contribution in [3.63, 3.8) is 0 Å². The minimum atomic E-state index is -2.39. The Morgan fingerprint density at radius 3 is 2.12 bits per heavy atom. The van der Waals surface area contributed by atoms with Crippen LogP contribution in [-0.4, -0.2) is 83.1 Å². The molecule has 0 aliphatic rings. The summed E-state index contributed by atoms with van der Waals surface area (Å²) < 4.78 is 15.4. The number of benzene rings is 1. The molecule has 1 heterocycles. The van der Waals surface area contributed by atoms with Gasteiger partial charge in [0, 0.05) is 18.9 Å². The molecule has 0 aliphatic heterocycles. The molecule has 0 saturated heterocycles. The predicted molar refractivity (Wildman–Crippen MR) is 237 cm³/mol. The normalized spacial score (nSPS) is 16.1. The van der Waals surface area contributed by atoms with Gasteiger partial charge < -0.3 is 24.5 Å². The van der Waals surface area contributed by atoms with Crippen LogP contribution in [0.15, 0.2) is 36.4 Å². The van der Waals surface area contributed by atoms with Crippen LogP contribution < -0.4 is 16.5 Å². The number of amides is 3.